The zero-order chi connectivity index (χ0) is 32.8. The third-order valence-corrected chi connectivity index (χ3v) is 11.4. The van der Waals surface area contributed by atoms with Crippen molar-refractivity contribution in [2.24, 2.45) is 0 Å². The molecular weight excluding hydrogens is 627 g/mol. The largest absolute Gasteiger partial charge is 0.278 e. The van der Waals surface area contributed by atoms with Gasteiger partial charge in [-0.25, -0.2) is 9.97 Å². The summed E-state index contributed by atoms with van der Waals surface area (Å²) in [5, 5.41) is 12.5. The van der Waals surface area contributed by atoms with Crippen LogP contribution in [0.15, 0.2) is 164 Å². The molecule has 0 spiro atoms. The first kappa shape index (κ1) is 27.6. The van der Waals surface area contributed by atoms with Crippen LogP contribution in [-0.4, -0.2) is 14.5 Å². The van der Waals surface area contributed by atoms with E-state index >= 15 is 0 Å². The molecule has 0 saturated carbocycles. The predicted molar refractivity (Wildman–Crippen MR) is 213 cm³/mol. The molecule has 3 nitrogen and oxygen atoms in total. The molecule has 0 unspecified atom stereocenters. The third kappa shape index (κ3) is 4.03. The van der Waals surface area contributed by atoms with Gasteiger partial charge in [0.25, 0.3) is 0 Å². The fraction of sp³-hybridized carbons (Fsp3) is 0. The van der Waals surface area contributed by atoms with Crippen molar-refractivity contribution in [1.82, 2.24) is 14.5 Å². The van der Waals surface area contributed by atoms with E-state index < -0.39 is 0 Å². The number of hydrogen-bond acceptors (Lipinski definition) is 3. The highest BCUT2D eigenvalue weighted by molar-refractivity contribution is 7.25. The van der Waals surface area contributed by atoms with E-state index in [1.54, 1.807) is 0 Å². The summed E-state index contributed by atoms with van der Waals surface area (Å²) in [6.45, 7) is 0. The number of benzene rings is 8. The second kappa shape index (κ2) is 10.6. The van der Waals surface area contributed by atoms with Gasteiger partial charge in [0.15, 0.2) is 0 Å². The van der Waals surface area contributed by atoms with Gasteiger partial charge in [-0.1, -0.05) is 115 Å². The molecule has 8 aromatic carbocycles. The van der Waals surface area contributed by atoms with Gasteiger partial charge in [-0.05, 0) is 85.9 Å². The summed E-state index contributed by atoms with van der Waals surface area (Å²) in [5.74, 6) is 0.669. The summed E-state index contributed by atoms with van der Waals surface area (Å²) >= 11 is 1.87. The van der Waals surface area contributed by atoms with E-state index in [0.717, 1.165) is 22.3 Å². The first-order valence-electron chi connectivity index (χ1n) is 16.9. The van der Waals surface area contributed by atoms with Crippen molar-refractivity contribution < 1.29 is 0 Å². The number of nitrogens with zero attached hydrogens (tertiary/aromatic N) is 3. The molecule has 0 aliphatic heterocycles. The van der Waals surface area contributed by atoms with Gasteiger partial charge in [0.05, 0.1) is 16.7 Å². The van der Waals surface area contributed by atoms with Gasteiger partial charge in [-0.3, -0.25) is 4.57 Å². The van der Waals surface area contributed by atoms with Crippen molar-refractivity contribution in [2.45, 2.75) is 0 Å². The summed E-state index contributed by atoms with van der Waals surface area (Å²) in [5.41, 5.74) is 6.64. The van der Waals surface area contributed by atoms with Crippen molar-refractivity contribution in [1.29, 1.82) is 0 Å². The Hall–Kier alpha value is -6.36. The second-order valence-electron chi connectivity index (χ2n) is 13.0. The molecule has 0 amide bonds. The van der Waals surface area contributed by atoms with Crippen LogP contribution in [-0.2, 0) is 0 Å². The minimum Gasteiger partial charge on any atom is -0.278 e. The molecule has 3 aromatic heterocycles. The van der Waals surface area contributed by atoms with Gasteiger partial charge in [0.2, 0.25) is 5.95 Å². The molecule has 50 heavy (non-hydrogen) atoms. The Labute approximate surface area is 291 Å². The van der Waals surface area contributed by atoms with Crippen LogP contribution in [0.1, 0.15) is 0 Å². The standard InChI is InChI=1S/C46H27N3S/c1-2-10-28(11-3-1)41-22-23-47-46(48-41)49-42-16-8-6-14-34(42)40-26-38-33-20-18-29(24-37(33)31-12-4-5-13-32(31)39(38)27-43(40)49)30-19-21-36-35-15-7-9-17-44(35)50-45(36)25-30/h1-27H. The van der Waals surface area contributed by atoms with Crippen molar-refractivity contribution in [3.8, 4) is 28.3 Å². The monoisotopic (exact) mass is 653 g/mol. The van der Waals surface area contributed by atoms with Gasteiger partial charge in [-0.15, -0.1) is 11.3 Å². The molecule has 0 radical (unpaired) electrons. The zero-order valence-electron chi connectivity index (χ0n) is 26.8. The molecule has 232 valence electrons. The van der Waals surface area contributed by atoms with Crippen molar-refractivity contribution in [3.05, 3.63) is 164 Å². The lowest BCUT2D eigenvalue weighted by atomic mass is 9.91. The average Bonchev–Trinajstić information content (AvgIpc) is 3.72. The molecule has 11 rings (SSSR count). The van der Waals surface area contributed by atoms with Crippen LogP contribution < -0.4 is 0 Å². The Kier molecular flexibility index (Phi) is 5.83. The molecule has 0 aliphatic rings. The van der Waals surface area contributed by atoms with Crippen molar-refractivity contribution in [2.75, 3.05) is 0 Å². The topological polar surface area (TPSA) is 30.7 Å². The molecule has 3 heterocycles. The summed E-state index contributed by atoms with van der Waals surface area (Å²) in [4.78, 5) is 9.92. The maximum absolute atomic E-state index is 5.10. The van der Waals surface area contributed by atoms with Crippen LogP contribution >= 0.6 is 11.3 Å². The van der Waals surface area contributed by atoms with Crippen LogP contribution in [0.25, 0.3) is 103 Å². The Balaban J connectivity index is 1.17. The molecule has 0 bridgehead atoms. The first-order chi connectivity index (χ1) is 24.8. The SMILES string of the molecule is c1ccc(-c2ccnc(-n3c4ccccc4c4cc5c6ccc(-c7ccc8c(c7)sc7ccccc78)cc6c6ccccc6c5cc43)n2)cc1. The van der Waals surface area contributed by atoms with Gasteiger partial charge >= 0.3 is 0 Å². The van der Waals surface area contributed by atoms with Crippen LogP contribution in [0, 0.1) is 0 Å². The van der Waals surface area contributed by atoms with Gasteiger partial charge < -0.3 is 0 Å². The van der Waals surface area contributed by atoms with Crippen LogP contribution in [0.4, 0.5) is 0 Å². The summed E-state index contributed by atoms with van der Waals surface area (Å²) in [6.07, 6.45) is 1.87. The fourth-order valence-electron chi connectivity index (χ4n) is 7.94. The summed E-state index contributed by atoms with van der Waals surface area (Å²) in [7, 11) is 0. The number of hydrogen-bond donors (Lipinski definition) is 0. The van der Waals surface area contributed by atoms with Gasteiger partial charge in [0.1, 0.15) is 0 Å². The maximum atomic E-state index is 5.10. The molecule has 0 aliphatic carbocycles. The molecule has 0 N–H and O–H groups in total. The lowest BCUT2D eigenvalue weighted by molar-refractivity contribution is 0.992. The number of fused-ring (bicyclic) bond motifs is 12. The number of thiophene rings is 1. The average molecular weight is 654 g/mol. The second-order valence-corrected chi connectivity index (χ2v) is 14.1. The number of para-hydroxylation sites is 1. The van der Waals surface area contributed by atoms with Crippen molar-refractivity contribution >= 4 is 85.6 Å². The van der Waals surface area contributed by atoms with Crippen molar-refractivity contribution in [3.63, 3.8) is 0 Å². The highest BCUT2D eigenvalue weighted by atomic mass is 32.1. The first-order valence-corrected chi connectivity index (χ1v) is 17.7. The van der Waals surface area contributed by atoms with E-state index in [1.807, 2.05) is 41.8 Å². The lowest BCUT2D eigenvalue weighted by Crippen LogP contribution is -2.01. The third-order valence-electron chi connectivity index (χ3n) is 10.3. The quantitative estimate of drug-likeness (QED) is 0.178. The number of aromatic nitrogens is 3. The van der Waals surface area contributed by atoms with E-state index in [0.29, 0.717) is 5.95 Å². The minimum atomic E-state index is 0.669. The molecular formula is C46H27N3S. The Morgan fingerprint density at radius 2 is 1.00 bits per heavy atom. The molecule has 0 saturated heterocycles. The normalized spacial score (nSPS) is 12.0. The van der Waals surface area contributed by atoms with Gasteiger partial charge in [-0.2, -0.15) is 0 Å². The van der Waals surface area contributed by atoms with Crippen LogP contribution in [0.3, 0.4) is 0 Å². The maximum Gasteiger partial charge on any atom is 0.235 e. The highest BCUT2D eigenvalue weighted by Gasteiger charge is 2.18. The molecule has 0 atom stereocenters. The zero-order valence-corrected chi connectivity index (χ0v) is 27.7. The van der Waals surface area contributed by atoms with E-state index in [9.17, 15) is 0 Å². The Morgan fingerprint density at radius 3 is 1.84 bits per heavy atom. The smallest absolute Gasteiger partial charge is 0.235 e. The fourth-order valence-corrected chi connectivity index (χ4v) is 9.09. The molecule has 4 heteroatoms. The van der Waals surface area contributed by atoms with E-state index in [4.69, 9.17) is 9.97 Å². The molecule has 0 fully saturated rings. The highest BCUT2D eigenvalue weighted by Crippen LogP contribution is 2.42. The Morgan fingerprint density at radius 1 is 0.380 bits per heavy atom. The van der Waals surface area contributed by atoms with Gasteiger partial charge in [0, 0.05) is 42.7 Å². The van der Waals surface area contributed by atoms with E-state index in [2.05, 4.69) is 138 Å². The minimum absolute atomic E-state index is 0.669. The number of rotatable bonds is 3. The predicted octanol–water partition coefficient (Wildman–Crippen LogP) is 12.7. The molecule has 11 aromatic rings. The lowest BCUT2D eigenvalue weighted by Gasteiger charge is -2.13. The summed E-state index contributed by atoms with van der Waals surface area (Å²) in [6, 6.07) is 57.1. The van der Waals surface area contributed by atoms with E-state index in [-0.39, 0.29) is 0 Å². The van der Waals surface area contributed by atoms with E-state index in [1.165, 1.54) is 74.4 Å². The van der Waals surface area contributed by atoms with Crippen LogP contribution in [0.5, 0.6) is 0 Å². The summed E-state index contributed by atoms with van der Waals surface area (Å²) < 4.78 is 4.88. The van der Waals surface area contributed by atoms with Crippen LogP contribution in [0.2, 0.25) is 0 Å². The Bertz CT molecular complexity index is 3150.